The highest BCUT2D eigenvalue weighted by Gasteiger charge is 2.27. The Kier molecular flexibility index (Phi) is 4.66. The van der Waals surface area contributed by atoms with Crippen molar-refractivity contribution >= 4 is 0 Å². The van der Waals surface area contributed by atoms with Gasteiger partial charge in [-0.15, -0.1) is 12.3 Å². The van der Waals surface area contributed by atoms with Gasteiger partial charge in [-0.05, 0) is 31.0 Å². The van der Waals surface area contributed by atoms with E-state index < -0.39 is 0 Å². The summed E-state index contributed by atoms with van der Waals surface area (Å²) in [6, 6.07) is 8.68. The number of rotatable bonds is 5. The molecule has 2 unspecified atom stereocenters. The van der Waals surface area contributed by atoms with Crippen molar-refractivity contribution in [1.82, 2.24) is 5.32 Å². The van der Waals surface area contributed by atoms with Gasteiger partial charge in [-0.1, -0.05) is 25.1 Å². The van der Waals surface area contributed by atoms with Gasteiger partial charge >= 0.3 is 0 Å². The molecular formula is C16H21NO. The van der Waals surface area contributed by atoms with E-state index in [1.165, 1.54) is 5.56 Å². The summed E-state index contributed by atoms with van der Waals surface area (Å²) in [4.78, 5) is 0. The zero-order valence-corrected chi connectivity index (χ0v) is 11.0. The molecule has 0 aliphatic carbocycles. The minimum Gasteiger partial charge on any atom is -0.493 e. The zero-order chi connectivity index (χ0) is 12.8. The summed E-state index contributed by atoms with van der Waals surface area (Å²) in [7, 11) is 0. The molecule has 1 aliphatic heterocycles. The van der Waals surface area contributed by atoms with E-state index >= 15 is 0 Å². The summed E-state index contributed by atoms with van der Waals surface area (Å²) >= 11 is 0. The molecule has 0 fully saturated rings. The van der Waals surface area contributed by atoms with Gasteiger partial charge in [-0.25, -0.2) is 0 Å². The summed E-state index contributed by atoms with van der Waals surface area (Å²) < 4.78 is 5.71. The number of ether oxygens (including phenoxy) is 1. The molecule has 0 aromatic heterocycles. The first-order chi connectivity index (χ1) is 8.86. The molecule has 1 N–H and O–H groups in total. The van der Waals surface area contributed by atoms with E-state index in [2.05, 4.69) is 30.3 Å². The van der Waals surface area contributed by atoms with Crippen LogP contribution in [0.5, 0.6) is 5.75 Å². The van der Waals surface area contributed by atoms with Crippen LogP contribution in [0.3, 0.4) is 0 Å². The highest BCUT2D eigenvalue weighted by molar-refractivity contribution is 5.38. The van der Waals surface area contributed by atoms with Crippen LogP contribution in [0.15, 0.2) is 24.3 Å². The first-order valence-corrected chi connectivity index (χ1v) is 6.75. The van der Waals surface area contributed by atoms with Crippen LogP contribution in [-0.2, 0) is 0 Å². The second-order valence-corrected chi connectivity index (χ2v) is 4.75. The predicted molar refractivity (Wildman–Crippen MR) is 74.8 cm³/mol. The van der Waals surface area contributed by atoms with E-state index in [-0.39, 0.29) is 0 Å². The third-order valence-electron chi connectivity index (χ3n) is 3.48. The number of nitrogens with one attached hydrogen (secondary N) is 1. The second-order valence-electron chi connectivity index (χ2n) is 4.75. The second kappa shape index (κ2) is 6.47. The van der Waals surface area contributed by atoms with Crippen molar-refractivity contribution in [3.63, 3.8) is 0 Å². The first-order valence-electron chi connectivity index (χ1n) is 6.75. The summed E-state index contributed by atoms with van der Waals surface area (Å²) in [6.07, 6.45) is 8.46. The number of para-hydroxylation sites is 1. The predicted octanol–water partition coefficient (Wildman–Crippen LogP) is 2.94. The van der Waals surface area contributed by atoms with E-state index in [4.69, 9.17) is 11.2 Å². The lowest BCUT2D eigenvalue weighted by Gasteiger charge is -2.32. The fraction of sp³-hybridized carbons (Fsp3) is 0.500. The number of terminal acetylenes is 1. The highest BCUT2D eigenvalue weighted by Crippen LogP contribution is 2.36. The van der Waals surface area contributed by atoms with Crippen LogP contribution in [0.1, 0.15) is 37.7 Å². The molecule has 2 atom stereocenters. The quantitative estimate of drug-likeness (QED) is 0.803. The molecule has 1 aliphatic rings. The molecule has 18 heavy (non-hydrogen) atoms. The lowest BCUT2D eigenvalue weighted by molar-refractivity contribution is 0.246. The van der Waals surface area contributed by atoms with E-state index in [0.717, 1.165) is 38.2 Å². The third kappa shape index (κ3) is 2.86. The van der Waals surface area contributed by atoms with Gasteiger partial charge in [-0.2, -0.15) is 0 Å². The van der Waals surface area contributed by atoms with Crippen LogP contribution in [0.25, 0.3) is 0 Å². The number of hydrogen-bond acceptors (Lipinski definition) is 2. The summed E-state index contributed by atoms with van der Waals surface area (Å²) in [5.74, 6) is 4.29. The molecule has 96 valence electrons. The minimum atomic E-state index is 0.361. The SMILES string of the molecule is C#CCC(NCCC)C1CCOc2ccccc21. The Hall–Kier alpha value is -1.46. The zero-order valence-electron chi connectivity index (χ0n) is 11.0. The molecular weight excluding hydrogens is 222 g/mol. The van der Waals surface area contributed by atoms with Crippen molar-refractivity contribution in [1.29, 1.82) is 0 Å². The fourth-order valence-corrected chi connectivity index (χ4v) is 2.60. The average Bonchev–Trinajstić information content (AvgIpc) is 2.43. The average molecular weight is 243 g/mol. The van der Waals surface area contributed by atoms with Crippen molar-refractivity contribution < 1.29 is 4.74 Å². The van der Waals surface area contributed by atoms with Crippen molar-refractivity contribution in [2.24, 2.45) is 0 Å². The maximum absolute atomic E-state index is 5.71. The van der Waals surface area contributed by atoms with Crippen molar-refractivity contribution in [3.05, 3.63) is 29.8 Å². The number of benzene rings is 1. The largest absolute Gasteiger partial charge is 0.493 e. The Balaban J connectivity index is 2.18. The Morgan fingerprint density at radius 2 is 2.33 bits per heavy atom. The molecule has 2 nitrogen and oxygen atoms in total. The van der Waals surface area contributed by atoms with Gasteiger partial charge in [0.1, 0.15) is 5.75 Å². The van der Waals surface area contributed by atoms with Crippen LogP contribution in [0.4, 0.5) is 0 Å². The number of fused-ring (bicyclic) bond motifs is 1. The molecule has 0 amide bonds. The Bertz CT molecular complexity index is 421. The maximum Gasteiger partial charge on any atom is 0.122 e. The lowest BCUT2D eigenvalue weighted by Crippen LogP contribution is -2.37. The molecule has 0 saturated carbocycles. The standard InChI is InChI=1S/C16H21NO/c1-3-7-15(17-11-4-2)13-10-12-18-16-9-6-5-8-14(13)16/h1,5-6,8-9,13,15,17H,4,7,10-12H2,2H3. The molecule has 0 spiro atoms. The van der Waals surface area contributed by atoms with Crippen LogP contribution < -0.4 is 10.1 Å². The fourth-order valence-electron chi connectivity index (χ4n) is 2.60. The van der Waals surface area contributed by atoms with Gasteiger partial charge < -0.3 is 10.1 Å². The van der Waals surface area contributed by atoms with Gasteiger partial charge in [0.15, 0.2) is 0 Å². The van der Waals surface area contributed by atoms with Crippen molar-refractivity contribution in [3.8, 4) is 18.1 Å². The Morgan fingerprint density at radius 1 is 1.50 bits per heavy atom. The van der Waals surface area contributed by atoms with E-state index in [0.29, 0.717) is 12.0 Å². The molecule has 1 aromatic rings. The Labute approximate surface area is 110 Å². The van der Waals surface area contributed by atoms with Gasteiger partial charge in [0.05, 0.1) is 6.61 Å². The number of hydrogen-bond donors (Lipinski definition) is 1. The topological polar surface area (TPSA) is 21.3 Å². The van der Waals surface area contributed by atoms with Gasteiger partial charge in [0, 0.05) is 18.4 Å². The summed E-state index contributed by atoms with van der Waals surface area (Å²) in [5.41, 5.74) is 1.30. The monoisotopic (exact) mass is 243 g/mol. The lowest BCUT2D eigenvalue weighted by atomic mass is 9.85. The van der Waals surface area contributed by atoms with Gasteiger partial charge in [-0.3, -0.25) is 0 Å². The third-order valence-corrected chi connectivity index (χ3v) is 3.48. The molecule has 0 saturated heterocycles. The maximum atomic E-state index is 5.71. The minimum absolute atomic E-state index is 0.361. The van der Waals surface area contributed by atoms with Gasteiger partial charge in [0.2, 0.25) is 0 Å². The van der Waals surface area contributed by atoms with Crippen molar-refractivity contribution in [2.75, 3.05) is 13.2 Å². The first kappa shape index (κ1) is 13.0. The Morgan fingerprint density at radius 3 is 3.11 bits per heavy atom. The smallest absolute Gasteiger partial charge is 0.122 e. The van der Waals surface area contributed by atoms with Crippen LogP contribution in [0, 0.1) is 12.3 Å². The summed E-state index contributed by atoms with van der Waals surface area (Å²) in [5, 5.41) is 3.58. The summed E-state index contributed by atoms with van der Waals surface area (Å²) in [6.45, 7) is 3.99. The molecule has 2 heteroatoms. The van der Waals surface area contributed by atoms with Crippen molar-refractivity contribution in [2.45, 2.75) is 38.1 Å². The van der Waals surface area contributed by atoms with Crippen LogP contribution in [-0.4, -0.2) is 19.2 Å². The molecule has 0 bridgehead atoms. The molecule has 1 heterocycles. The molecule has 1 aromatic carbocycles. The van der Waals surface area contributed by atoms with Gasteiger partial charge in [0.25, 0.3) is 0 Å². The molecule has 2 rings (SSSR count). The van der Waals surface area contributed by atoms with Crippen LogP contribution in [0.2, 0.25) is 0 Å². The highest BCUT2D eigenvalue weighted by atomic mass is 16.5. The van der Waals surface area contributed by atoms with E-state index in [9.17, 15) is 0 Å². The van der Waals surface area contributed by atoms with E-state index in [1.54, 1.807) is 0 Å². The van der Waals surface area contributed by atoms with Crippen LogP contribution >= 0.6 is 0 Å². The molecule has 0 radical (unpaired) electrons. The normalized spacial score (nSPS) is 19.4. The van der Waals surface area contributed by atoms with E-state index in [1.807, 2.05) is 12.1 Å².